The molecule has 0 aliphatic rings. The molecule has 0 aromatic heterocycles. The highest BCUT2D eigenvalue weighted by Crippen LogP contribution is 2.37. The number of benzene rings is 2. The number of alkyl halides is 3. The third-order valence-electron chi connectivity index (χ3n) is 4.01. The Balaban J connectivity index is 2.59. The van der Waals surface area contributed by atoms with Crippen LogP contribution in [0.15, 0.2) is 36.4 Å². The van der Waals surface area contributed by atoms with Gasteiger partial charge in [0, 0.05) is 19.2 Å². The van der Waals surface area contributed by atoms with Gasteiger partial charge in [-0.3, -0.25) is 4.79 Å². The van der Waals surface area contributed by atoms with Gasteiger partial charge in [0.2, 0.25) is 0 Å². The number of amides is 2. The lowest BCUT2D eigenvalue weighted by molar-refractivity contribution is -0.138. The molecule has 9 heteroatoms. The molecule has 150 valence electrons. The zero-order valence-electron chi connectivity index (χ0n) is 15.2. The van der Waals surface area contributed by atoms with Crippen LogP contribution >= 0.6 is 0 Å². The Morgan fingerprint density at radius 3 is 2.39 bits per heavy atom. The minimum absolute atomic E-state index is 0.161. The highest BCUT2D eigenvalue weighted by atomic mass is 19.4. The summed E-state index contributed by atoms with van der Waals surface area (Å²) in [6, 6.07) is 7.31. The van der Waals surface area contributed by atoms with E-state index in [1.54, 1.807) is 18.2 Å². The second-order valence-electron chi connectivity index (χ2n) is 5.91. The topological polar surface area (TPSA) is 87.7 Å². The molecule has 2 amide bonds. The van der Waals surface area contributed by atoms with Crippen molar-refractivity contribution in [2.75, 3.05) is 14.2 Å². The quantitative estimate of drug-likeness (QED) is 0.698. The predicted octanol–water partition coefficient (Wildman–Crippen LogP) is 3.44. The molecule has 0 aliphatic carbocycles. The summed E-state index contributed by atoms with van der Waals surface area (Å²) in [5, 5.41) is 13.8. The summed E-state index contributed by atoms with van der Waals surface area (Å²) in [5.41, 5.74) is 0.653. The summed E-state index contributed by atoms with van der Waals surface area (Å²) in [7, 11) is 2.79. The molecule has 6 nitrogen and oxygen atoms in total. The molecule has 3 N–H and O–H groups in total. The average molecular weight is 396 g/mol. The Morgan fingerprint density at radius 2 is 1.82 bits per heavy atom. The molecule has 0 heterocycles. The van der Waals surface area contributed by atoms with Crippen LogP contribution in [0, 0.1) is 0 Å². The van der Waals surface area contributed by atoms with Crippen LogP contribution in [0.4, 0.5) is 18.0 Å². The molecule has 0 bridgehead atoms. The van der Waals surface area contributed by atoms with Crippen molar-refractivity contribution in [1.82, 2.24) is 10.6 Å². The minimum Gasteiger partial charge on any atom is -0.496 e. The van der Waals surface area contributed by atoms with Crippen LogP contribution in [-0.2, 0) is 23.9 Å². The van der Waals surface area contributed by atoms with Crippen LogP contribution < -0.4 is 15.4 Å². The Bertz CT molecular complexity index is 882. The van der Waals surface area contributed by atoms with Crippen molar-refractivity contribution >= 4 is 12.0 Å². The number of hydrogen-bond acceptors (Lipinski definition) is 3. The van der Waals surface area contributed by atoms with Crippen molar-refractivity contribution < 1.29 is 32.6 Å². The van der Waals surface area contributed by atoms with Gasteiger partial charge in [-0.2, -0.15) is 13.2 Å². The number of carbonyl (C=O) groups excluding carboxylic acids is 1. The number of ether oxygens (including phenoxy) is 1. The molecular formula is C19H19F3N2O4. The van der Waals surface area contributed by atoms with E-state index < -0.39 is 23.7 Å². The van der Waals surface area contributed by atoms with Gasteiger partial charge in [-0.15, -0.1) is 0 Å². The van der Waals surface area contributed by atoms with Gasteiger partial charge in [0.05, 0.1) is 19.1 Å². The summed E-state index contributed by atoms with van der Waals surface area (Å²) in [4.78, 5) is 22.5. The van der Waals surface area contributed by atoms with Gasteiger partial charge in [-0.1, -0.05) is 12.1 Å². The molecule has 0 saturated carbocycles. The van der Waals surface area contributed by atoms with E-state index in [-0.39, 0.29) is 18.5 Å². The third-order valence-corrected chi connectivity index (χ3v) is 4.01. The van der Waals surface area contributed by atoms with E-state index in [1.165, 1.54) is 20.2 Å². The van der Waals surface area contributed by atoms with Gasteiger partial charge in [-0.05, 0) is 41.0 Å². The first-order valence-electron chi connectivity index (χ1n) is 8.20. The number of hydrogen-bond donors (Lipinski definition) is 3. The molecular weight excluding hydrogens is 377 g/mol. The largest absolute Gasteiger partial charge is 0.496 e. The first-order chi connectivity index (χ1) is 13.2. The van der Waals surface area contributed by atoms with Gasteiger partial charge < -0.3 is 20.5 Å². The lowest BCUT2D eigenvalue weighted by atomic mass is 9.94. The maximum Gasteiger partial charge on any atom is 0.416 e. The van der Waals surface area contributed by atoms with E-state index in [4.69, 9.17) is 9.84 Å². The molecule has 2 aromatic rings. The second-order valence-corrected chi connectivity index (χ2v) is 5.91. The molecule has 2 aromatic carbocycles. The van der Waals surface area contributed by atoms with Crippen molar-refractivity contribution in [1.29, 1.82) is 0 Å². The number of nitrogens with one attached hydrogen (secondary N) is 2. The normalized spacial score (nSPS) is 11.0. The number of carbonyl (C=O) groups is 2. The SMILES string of the molecule is CNC(=O)NCc1cc(C(F)(F)F)ccc1-c1cc(CC(=O)O)ccc1OC. The van der Waals surface area contributed by atoms with Gasteiger partial charge >= 0.3 is 18.2 Å². The molecule has 0 aliphatic heterocycles. The number of methoxy groups -OCH3 is 1. The van der Waals surface area contributed by atoms with E-state index in [2.05, 4.69) is 10.6 Å². The molecule has 0 fully saturated rings. The van der Waals surface area contributed by atoms with Crippen molar-refractivity contribution in [3.8, 4) is 16.9 Å². The molecule has 0 spiro atoms. The summed E-state index contributed by atoms with van der Waals surface area (Å²) in [6.07, 6.45) is -4.79. The Kier molecular flexibility index (Phi) is 6.50. The smallest absolute Gasteiger partial charge is 0.416 e. The minimum atomic E-state index is -4.55. The number of rotatable bonds is 6. The van der Waals surface area contributed by atoms with Crippen LogP contribution in [0.25, 0.3) is 11.1 Å². The first kappa shape index (κ1) is 21.1. The van der Waals surface area contributed by atoms with Crippen molar-refractivity contribution in [3.05, 3.63) is 53.1 Å². The highest BCUT2D eigenvalue weighted by Gasteiger charge is 2.31. The number of carboxylic acids is 1. The van der Waals surface area contributed by atoms with Crippen molar-refractivity contribution in [2.45, 2.75) is 19.1 Å². The van der Waals surface area contributed by atoms with Crippen LogP contribution in [0.3, 0.4) is 0 Å². The van der Waals surface area contributed by atoms with Crippen LogP contribution in [0.1, 0.15) is 16.7 Å². The lowest BCUT2D eigenvalue weighted by Crippen LogP contribution is -2.32. The van der Waals surface area contributed by atoms with Crippen LogP contribution in [0.2, 0.25) is 0 Å². The van der Waals surface area contributed by atoms with E-state index in [0.29, 0.717) is 22.4 Å². The second kappa shape index (κ2) is 8.64. The average Bonchev–Trinajstić information content (AvgIpc) is 2.64. The Morgan fingerprint density at radius 1 is 1.11 bits per heavy atom. The van der Waals surface area contributed by atoms with Gasteiger partial charge in [-0.25, -0.2) is 4.79 Å². The van der Waals surface area contributed by atoms with Crippen molar-refractivity contribution in [3.63, 3.8) is 0 Å². The number of halogens is 3. The molecule has 0 saturated heterocycles. The van der Waals surface area contributed by atoms with E-state index >= 15 is 0 Å². The number of carboxylic acid groups (broad SMARTS) is 1. The third kappa shape index (κ3) is 5.15. The highest BCUT2D eigenvalue weighted by molar-refractivity contribution is 5.78. The zero-order chi connectivity index (χ0) is 20.9. The number of urea groups is 1. The Hall–Kier alpha value is -3.23. The number of aliphatic carboxylic acids is 1. The maximum absolute atomic E-state index is 13.1. The standard InChI is InChI=1S/C19H19F3N2O4/c1-23-18(27)24-10-12-9-13(19(20,21)22)4-5-14(12)15-7-11(8-17(25)26)3-6-16(15)28-2/h3-7,9H,8,10H2,1-2H3,(H,25,26)(H2,23,24,27). The molecule has 28 heavy (non-hydrogen) atoms. The maximum atomic E-state index is 13.1. The van der Waals surface area contributed by atoms with E-state index in [1.807, 2.05) is 0 Å². The molecule has 0 unspecified atom stereocenters. The summed E-state index contributed by atoms with van der Waals surface area (Å²) in [5.74, 6) is -0.667. The molecule has 2 rings (SSSR count). The van der Waals surface area contributed by atoms with Gasteiger partial charge in [0.25, 0.3) is 0 Å². The predicted molar refractivity (Wildman–Crippen MR) is 96.1 cm³/mol. The van der Waals surface area contributed by atoms with E-state index in [0.717, 1.165) is 12.1 Å². The monoisotopic (exact) mass is 396 g/mol. The van der Waals surface area contributed by atoms with E-state index in [9.17, 15) is 22.8 Å². The van der Waals surface area contributed by atoms with Crippen LogP contribution in [0.5, 0.6) is 5.75 Å². The fraction of sp³-hybridized carbons (Fsp3) is 0.263. The Labute approximate surface area is 159 Å². The summed E-state index contributed by atoms with van der Waals surface area (Å²) >= 11 is 0. The first-order valence-corrected chi connectivity index (χ1v) is 8.20. The van der Waals surface area contributed by atoms with Crippen molar-refractivity contribution in [2.24, 2.45) is 0 Å². The van der Waals surface area contributed by atoms with Gasteiger partial charge in [0.15, 0.2) is 0 Å². The lowest BCUT2D eigenvalue weighted by Gasteiger charge is -2.17. The van der Waals surface area contributed by atoms with Gasteiger partial charge in [0.1, 0.15) is 5.75 Å². The fourth-order valence-corrected chi connectivity index (χ4v) is 2.69. The molecule has 0 radical (unpaired) electrons. The molecule has 0 atom stereocenters. The van der Waals surface area contributed by atoms with Crippen LogP contribution in [-0.4, -0.2) is 31.3 Å². The fourth-order valence-electron chi connectivity index (χ4n) is 2.69. The summed E-state index contributed by atoms with van der Waals surface area (Å²) in [6.45, 7) is -0.161. The summed E-state index contributed by atoms with van der Waals surface area (Å²) < 4.78 is 44.7. The zero-order valence-corrected chi connectivity index (χ0v) is 15.2.